The average Bonchev–Trinajstić information content (AvgIpc) is 2.64. The van der Waals surface area contributed by atoms with Gasteiger partial charge in [-0.15, -0.1) is 0 Å². The highest BCUT2D eigenvalue weighted by Crippen LogP contribution is 2.28. The second-order valence-electron chi connectivity index (χ2n) is 4.85. The zero-order valence-electron chi connectivity index (χ0n) is 12.3. The Bertz CT molecular complexity index is 437. The van der Waals surface area contributed by atoms with Gasteiger partial charge in [0.1, 0.15) is 6.10 Å². The number of aromatic nitrogens is 2. The van der Waals surface area contributed by atoms with Crippen LogP contribution >= 0.6 is 0 Å². The summed E-state index contributed by atoms with van der Waals surface area (Å²) in [6.45, 7) is 9.97. The molecule has 0 spiro atoms. The molecule has 0 bridgehead atoms. The Morgan fingerprint density at radius 1 is 1.47 bits per heavy atom. The molecule has 2 rings (SSSR count). The van der Waals surface area contributed by atoms with Gasteiger partial charge < -0.3 is 10.1 Å². The van der Waals surface area contributed by atoms with Crippen LogP contribution in [0.1, 0.15) is 50.2 Å². The summed E-state index contributed by atoms with van der Waals surface area (Å²) in [6.07, 6.45) is 6.33. The first-order chi connectivity index (χ1) is 9.31. The minimum absolute atomic E-state index is 0.129. The fourth-order valence-corrected chi connectivity index (χ4v) is 2.67. The number of allylic oxidation sites excluding steroid dienone is 1. The number of fused-ring (bicyclic) bond motifs is 1. The van der Waals surface area contributed by atoms with Gasteiger partial charge in [0.05, 0.1) is 11.4 Å². The Kier molecular flexibility index (Phi) is 5.16. The van der Waals surface area contributed by atoms with Crippen LogP contribution in [-0.2, 0) is 17.7 Å². The van der Waals surface area contributed by atoms with Crippen LogP contribution in [0.25, 0.3) is 6.08 Å². The third kappa shape index (κ3) is 3.07. The Labute approximate surface area is 115 Å². The lowest BCUT2D eigenvalue weighted by Gasteiger charge is -2.17. The van der Waals surface area contributed by atoms with Crippen molar-refractivity contribution in [2.24, 2.45) is 0 Å². The number of rotatable bonds is 5. The molecule has 1 aliphatic heterocycles. The maximum atomic E-state index is 6.02. The van der Waals surface area contributed by atoms with Gasteiger partial charge in [-0.25, -0.2) is 0 Å². The van der Waals surface area contributed by atoms with Gasteiger partial charge in [0.25, 0.3) is 0 Å². The first-order valence-corrected chi connectivity index (χ1v) is 7.36. The highest BCUT2D eigenvalue weighted by molar-refractivity contribution is 5.51. The van der Waals surface area contributed by atoms with Crippen LogP contribution in [-0.4, -0.2) is 29.5 Å². The third-order valence-electron chi connectivity index (χ3n) is 3.52. The van der Waals surface area contributed by atoms with Gasteiger partial charge in [-0.3, -0.25) is 4.68 Å². The number of hydrogen-bond acceptors (Lipinski definition) is 3. The van der Waals surface area contributed by atoms with Crippen molar-refractivity contribution in [1.82, 2.24) is 15.1 Å². The standard InChI is InChI=1S/C15H25N3O/c1-4-8-13-12(5-2)15-14(11-16-6-3)19-10-7-9-18(15)17-13/h4,8,14,16H,5-7,9-11H2,1-3H3/b8-4-. The van der Waals surface area contributed by atoms with Crippen molar-refractivity contribution in [1.29, 1.82) is 0 Å². The highest BCUT2D eigenvalue weighted by Gasteiger charge is 2.25. The van der Waals surface area contributed by atoms with Crippen LogP contribution in [0, 0.1) is 0 Å². The lowest BCUT2D eigenvalue weighted by atomic mass is 10.1. The second-order valence-corrected chi connectivity index (χ2v) is 4.85. The zero-order chi connectivity index (χ0) is 13.7. The van der Waals surface area contributed by atoms with Crippen molar-refractivity contribution in [2.45, 2.75) is 46.3 Å². The average molecular weight is 263 g/mol. The van der Waals surface area contributed by atoms with E-state index in [-0.39, 0.29) is 6.10 Å². The van der Waals surface area contributed by atoms with Crippen LogP contribution in [0.4, 0.5) is 0 Å². The topological polar surface area (TPSA) is 39.1 Å². The molecule has 0 aromatic carbocycles. The van der Waals surface area contributed by atoms with Gasteiger partial charge in [0.2, 0.25) is 0 Å². The van der Waals surface area contributed by atoms with Crippen LogP contribution in [0.3, 0.4) is 0 Å². The van der Waals surface area contributed by atoms with Crippen molar-refractivity contribution < 1.29 is 4.74 Å². The lowest BCUT2D eigenvalue weighted by Crippen LogP contribution is -2.24. The molecule has 2 heterocycles. The molecule has 106 valence electrons. The zero-order valence-corrected chi connectivity index (χ0v) is 12.3. The maximum Gasteiger partial charge on any atom is 0.112 e. The summed E-state index contributed by atoms with van der Waals surface area (Å²) >= 11 is 0. The quantitative estimate of drug-likeness (QED) is 0.887. The van der Waals surface area contributed by atoms with Crippen molar-refractivity contribution in [3.8, 4) is 0 Å². The Hall–Kier alpha value is -1.13. The lowest BCUT2D eigenvalue weighted by molar-refractivity contribution is 0.0557. The fourth-order valence-electron chi connectivity index (χ4n) is 2.67. The van der Waals surface area contributed by atoms with Crippen LogP contribution in [0.2, 0.25) is 0 Å². The number of ether oxygens (including phenoxy) is 1. The molecule has 4 nitrogen and oxygen atoms in total. The summed E-state index contributed by atoms with van der Waals surface area (Å²) in [7, 11) is 0. The molecule has 0 saturated carbocycles. The van der Waals surface area contributed by atoms with Gasteiger partial charge in [-0.1, -0.05) is 19.9 Å². The number of likely N-dealkylation sites (N-methyl/N-ethyl adjacent to an activating group) is 1. The van der Waals surface area contributed by atoms with Crippen molar-refractivity contribution in [3.63, 3.8) is 0 Å². The van der Waals surface area contributed by atoms with Crippen LogP contribution < -0.4 is 5.32 Å². The summed E-state index contributed by atoms with van der Waals surface area (Å²) in [5.74, 6) is 0. The maximum absolute atomic E-state index is 6.02. The van der Waals surface area contributed by atoms with Gasteiger partial charge in [-0.2, -0.15) is 5.10 Å². The van der Waals surface area contributed by atoms with E-state index in [1.54, 1.807) is 0 Å². The van der Waals surface area contributed by atoms with Gasteiger partial charge in [-0.05, 0) is 32.4 Å². The van der Waals surface area contributed by atoms with E-state index in [1.807, 2.05) is 6.92 Å². The molecule has 1 atom stereocenters. The summed E-state index contributed by atoms with van der Waals surface area (Å²) in [4.78, 5) is 0. The van der Waals surface area contributed by atoms with Crippen molar-refractivity contribution in [2.75, 3.05) is 19.7 Å². The van der Waals surface area contributed by atoms with Crippen LogP contribution in [0.5, 0.6) is 0 Å². The number of hydrogen-bond donors (Lipinski definition) is 1. The third-order valence-corrected chi connectivity index (χ3v) is 3.52. The molecule has 1 aromatic heterocycles. The van der Waals surface area contributed by atoms with Gasteiger partial charge in [0.15, 0.2) is 0 Å². The minimum atomic E-state index is 0.129. The summed E-state index contributed by atoms with van der Waals surface area (Å²) < 4.78 is 8.17. The predicted molar refractivity (Wildman–Crippen MR) is 78.2 cm³/mol. The Morgan fingerprint density at radius 2 is 2.32 bits per heavy atom. The van der Waals surface area contributed by atoms with E-state index in [4.69, 9.17) is 9.84 Å². The van der Waals surface area contributed by atoms with Crippen molar-refractivity contribution in [3.05, 3.63) is 23.0 Å². The minimum Gasteiger partial charge on any atom is -0.371 e. The summed E-state index contributed by atoms with van der Waals surface area (Å²) in [6, 6.07) is 0. The van der Waals surface area contributed by atoms with Crippen molar-refractivity contribution >= 4 is 6.08 Å². The smallest absolute Gasteiger partial charge is 0.112 e. The molecule has 0 aliphatic carbocycles. The molecule has 1 aromatic rings. The molecule has 4 heteroatoms. The molecule has 0 amide bonds. The highest BCUT2D eigenvalue weighted by atomic mass is 16.5. The monoisotopic (exact) mass is 263 g/mol. The number of nitrogens with one attached hydrogen (secondary N) is 1. The first kappa shape index (κ1) is 14.3. The fraction of sp³-hybridized carbons (Fsp3) is 0.667. The molecule has 1 unspecified atom stereocenters. The molecule has 1 N–H and O–H groups in total. The van der Waals surface area contributed by atoms with E-state index < -0.39 is 0 Å². The summed E-state index contributed by atoms with van der Waals surface area (Å²) in [5, 5.41) is 8.15. The van der Waals surface area contributed by atoms with E-state index in [9.17, 15) is 0 Å². The summed E-state index contributed by atoms with van der Waals surface area (Å²) in [5.41, 5.74) is 3.71. The number of nitrogens with zero attached hydrogens (tertiary/aromatic N) is 2. The largest absolute Gasteiger partial charge is 0.371 e. The molecule has 1 aliphatic rings. The molecular formula is C15H25N3O. The second kappa shape index (κ2) is 6.87. The normalized spacial score (nSPS) is 19.6. The van der Waals surface area contributed by atoms with E-state index >= 15 is 0 Å². The molecule has 0 radical (unpaired) electrons. The van der Waals surface area contributed by atoms with E-state index in [0.29, 0.717) is 0 Å². The van der Waals surface area contributed by atoms with E-state index in [0.717, 1.165) is 44.8 Å². The Balaban J connectivity index is 2.38. The van der Waals surface area contributed by atoms with E-state index in [2.05, 4.69) is 36.0 Å². The van der Waals surface area contributed by atoms with Gasteiger partial charge in [0, 0.05) is 25.3 Å². The Morgan fingerprint density at radius 3 is 3.00 bits per heavy atom. The molecule has 0 fully saturated rings. The molecule has 19 heavy (non-hydrogen) atoms. The van der Waals surface area contributed by atoms with Gasteiger partial charge >= 0.3 is 0 Å². The molecule has 0 saturated heterocycles. The number of aryl methyl sites for hydroxylation is 1. The predicted octanol–water partition coefficient (Wildman–Crippen LogP) is 2.55. The molecular weight excluding hydrogens is 238 g/mol. The van der Waals surface area contributed by atoms with Crippen LogP contribution in [0.15, 0.2) is 6.08 Å². The first-order valence-electron chi connectivity index (χ1n) is 7.36. The van der Waals surface area contributed by atoms with E-state index in [1.165, 1.54) is 11.3 Å². The SMILES string of the molecule is C/C=C\c1nn2c(c1CC)C(CNCC)OCCC2.